The van der Waals surface area contributed by atoms with Crippen molar-refractivity contribution in [1.82, 2.24) is 9.55 Å². The number of methoxy groups -OCH3 is 1. The fourth-order valence-electron chi connectivity index (χ4n) is 3.71. The molecule has 2 heterocycles. The second kappa shape index (κ2) is 7.48. The number of esters is 1. The third kappa shape index (κ3) is 3.28. The monoisotopic (exact) mass is 387 g/mol. The van der Waals surface area contributed by atoms with E-state index in [2.05, 4.69) is 4.98 Å². The van der Waals surface area contributed by atoms with Gasteiger partial charge in [0.25, 0.3) is 5.56 Å². The van der Waals surface area contributed by atoms with E-state index >= 15 is 0 Å². The Morgan fingerprint density at radius 1 is 1.14 bits per heavy atom. The first-order valence-corrected chi connectivity index (χ1v) is 9.30. The van der Waals surface area contributed by atoms with Crippen LogP contribution in [0, 0.1) is 0 Å². The number of pyridine rings is 2. The molecule has 4 rings (SSSR count). The van der Waals surface area contributed by atoms with Crippen molar-refractivity contribution in [3.05, 3.63) is 76.7 Å². The minimum absolute atomic E-state index is 0.0883. The Bertz CT molecular complexity index is 1290. The molecule has 29 heavy (non-hydrogen) atoms. The largest absolute Gasteiger partial charge is 0.468 e. The molecule has 0 aliphatic carbocycles. The van der Waals surface area contributed by atoms with Gasteiger partial charge < -0.3 is 15.0 Å². The van der Waals surface area contributed by atoms with Crippen LogP contribution in [0.4, 0.5) is 0 Å². The zero-order valence-corrected chi connectivity index (χ0v) is 16.3. The van der Waals surface area contributed by atoms with E-state index in [1.54, 1.807) is 17.8 Å². The highest BCUT2D eigenvalue weighted by Crippen LogP contribution is 2.29. The van der Waals surface area contributed by atoms with Crippen molar-refractivity contribution in [2.45, 2.75) is 12.5 Å². The Hall–Kier alpha value is -3.51. The predicted molar refractivity (Wildman–Crippen MR) is 114 cm³/mol. The Balaban J connectivity index is 1.92. The fourth-order valence-corrected chi connectivity index (χ4v) is 3.71. The summed E-state index contributed by atoms with van der Waals surface area (Å²) in [6.07, 6.45) is 2.02. The molecule has 2 N–H and O–H groups in total. The van der Waals surface area contributed by atoms with E-state index in [0.29, 0.717) is 17.5 Å². The number of rotatable bonds is 4. The van der Waals surface area contributed by atoms with Crippen LogP contribution in [-0.2, 0) is 23.0 Å². The van der Waals surface area contributed by atoms with Crippen molar-refractivity contribution in [3.8, 4) is 11.1 Å². The van der Waals surface area contributed by atoms with Gasteiger partial charge in [0.1, 0.15) is 6.04 Å². The van der Waals surface area contributed by atoms with Gasteiger partial charge in [-0.05, 0) is 35.6 Å². The first kappa shape index (κ1) is 18.8. The highest BCUT2D eigenvalue weighted by atomic mass is 16.5. The number of aryl methyl sites for hydroxylation is 1. The molecule has 0 amide bonds. The zero-order valence-electron chi connectivity index (χ0n) is 16.3. The molecular formula is C23H21N3O3. The number of benzene rings is 2. The molecule has 6 nitrogen and oxygen atoms in total. The van der Waals surface area contributed by atoms with Crippen molar-refractivity contribution in [3.63, 3.8) is 0 Å². The molecule has 0 saturated heterocycles. The second-order valence-corrected chi connectivity index (χ2v) is 6.99. The summed E-state index contributed by atoms with van der Waals surface area (Å²) in [6, 6.07) is 16.4. The Morgan fingerprint density at radius 2 is 1.93 bits per heavy atom. The van der Waals surface area contributed by atoms with Crippen LogP contribution in [0.15, 0.2) is 65.6 Å². The van der Waals surface area contributed by atoms with Crippen molar-refractivity contribution in [2.75, 3.05) is 7.11 Å². The van der Waals surface area contributed by atoms with Crippen LogP contribution in [0.25, 0.3) is 32.9 Å². The van der Waals surface area contributed by atoms with Crippen LogP contribution >= 0.6 is 0 Å². The molecule has 0 radical (unpaired) electrons. The van der Waals surface area contributed by atoms with Crippen molar-refractivity contribution < 1.29 is 9.53 Å². The molecular weight excluding hydrogens is 366 g/mol. The van der Waals surface area contributed by atoms with Gasteiger partial charge in [-0.15, -0.1) is 0 Å². The number of nitrogens with two attached hydrogens (primary N) is 1. The minimum atomic E-state index is -0.761. The average Bonchev–Trinajstić information content (AvgIpc) is 2.76. The average molecular weight is 387 g/mol. The molecule has 0 aliphatic heterocycles. The summed E-state index contributed by atoms with van der Waals surface area (Å²) in [5.41, 5.74) is 9.66. The molecule has 0 spiro atoms. The lowest BCUT2D eigenvalue weighted by molar-refractivity contribution is -0.142. The van der Waals surface area contributed by atoms with Gasteiger partial charge in [-0.3, -0.25) is 14.6 Å². The molecule has 0 fully saturated rings. The van der Waals surface area contributed by atoms with Crippen molar-refractivity contribution in [1.29, 1.82) is 0 Å². The standard InChI is InChI=1S/C23H21N3O3/c1-26-20-8-4-3-6-15(20)12-18(22(26)27)17-10-9-14(13-19(24)23(28)29-2)16-7-5-11-25-21(16)17/h3-12,19H,13,24H2,1-2H3/t19-/m0/s1. The van der Waals surface area contributed by atoms with Gasteiger partial charge in [0, 0.05) is 29.8 Å². The fraction of sp³-hybridized carbons (Fsp3) is 0.174. The molecule has 0 saturated carbocycles. The van der Waals surface area contributed by atoms with Gasteiger partial charge in [0.15, 0.2) is 0 Å². The molecule has 6 heteroatoms. The maximum absolute atomic E-state index is 13.1. The highest BCUT2D eigenvalue weighted by Gasteiger charge is 2.18. The number of para-hydroxylation sites is 1. The van der Waals surface area contributed by atoms with E-state index < -0.39 is 12.0 Å². The quantitative estimate of drug-likeness (QED) is 0.544. The summed E-state index contributed by atoms with van der Waals surface area (Å²) < 4.78 is 6.39. The van der Waals surface area contributed by atoms with E-state index in [1.165, 1.54) is 7.11 Å². The molecule has 1 atom stereocenters. The Kier molecular flexibility index (Phi) is 4.86. The number of carbonyl (C=O) groups is 1. The number of fused-ring (bicyclic) bond motifs is 2. The maximum Gasteiger partial charge on any atom is 0.322 e. The predicted octanol–water partition coefficient (Wildman–Crippen LogP) is 2.80. The number of nitrogens with zero attached hydrogens (tertiary/aromatic N) is 2. The molecule has 0 unspecified atom stereocenters. The van der Waals surface area contributed by atoms with E-state index in [0.717, 1.165) is 27.4 Å². The Labute approximate surface area is 167 Å². The van der Waals surface area contributed by atoms with Crippen LogP contribution in [0.3, 0.4) is 0 Å². The first-order chi connectivity index (χ1) is 14.0. The van der Waals surface area contributed by atoms with Gasteiger partial charge in [-0.1, -0.05) is 36.4 Å². The summed E-state index contributed by atoms with van der Waals surface area (Å²) >= 11 is 0. The van der Waals surface area contributed by atoms with Gasteiger partial charge in [0.2, 0.25) is 0 Å². The highest BCUT2D eigenvalue weighted by molar-refractivity contribution is 5.97. The third-order valence-corrected chi connectivity index (χ3v) is 5.23. The summed E-state index contributed by atoms with van der Waals surface area (Å²) in [4.78, 5) is 29.3. The normalized spacial score (nSPS) is 12.2. The van der Waals surface area contributed by atoms with Crippen LogP contribution in [0.5, 0.6) is 0 Å². The lowest BCUT2D eigenvalue weighted by Crippen LogP contribution is -2.33. The summed E-state index contributed by atoms with van der Waals surface area (Å²) in [5.74, 6) is -0.463. The van der Waals surface area contributed by atoms with Gasteiger partial charge >= 0.3 is 5.97 Å². The first-order valence-electron chi connectivity index (χ1n) is 9.30. The Morgan fingerprint density at radius 3 is 2.72 bits per heavy atom. The lowest BCUT2D eigenvalue weighted by atomic mass is 9.95. The van der Waals surface area contributed by atoms with Crippen molar-refractivity contribution >= 4 is 27.8 Å². The molecule has 2 aromatic heterocycles. The van der Waals surface area contributed by atoms with Crippen LogP contribution in [0.2, 0.25) is 0 Å². The summed E-state index contributed by atoms with van der Waals surface area (Å²) in [6.45, 7) is 0. The van der Waals surface area contributed by atoms with Crippen molar-refractivity contribution in [2.24, 2.45) is 12.8 Å². The van der Waals surface area contributed by atoms with E-state index in [1.807, 2.05) is 54.6 Å². The van der Waals surface area contributed by atoms with Crippen LogP contribution in [-0.4, -0.2) is 28.7 Å². The number of carbonyl (C=O) groups excluding carboxylic acids is 1. The molecule has 0 aliphatic rings. The topological polar surface area (TPSA) is 87.2 Å². The van der Waals surface area contributed by atoms with Gasteiger partial charge in [0.05, 0.1) is 18.1 Å². The van der Waals surface area contributed by atoms with Crippen LogP contribution < -0.4 is 11.3 Å². The number of hydrogen-bond acceptors (Lipinski definition) is 5. The number of hydrogen-bond donors (Lipinski definition) is 1. The third-order valence-electron chi connectivity index (χ3n) is 5.23. The molecule has 146 valence electrons. The number of ether oxygens (including phenoxy) is 1. The van der Waals surface area contributed by atoms with Gasteiger partial charge in [-0.2, -0.15) is 0 Å². The molecule has 4 aromatic rings. The molecule has 0 bridgehead atoms. The second-order valence-electron chi connectivity index (χ2n) is 6.99. The smallest absolute Gasteiger partial charge is 0.322 e. The van der Waals surface area contributed by atoms with Gasteiger partial charge in [-0.25, -0.2) is 0 Å². The summed E-state index contributed by atoms with van der Waals surface area (Å²) in [7, 11) is 3.09. The zero-order chi connectivity index (χ0) is 20.5. The van der Waals surface area contributed by atoms with E-state index in [-0.39, 0.29) is 5.56 Å². The van der Waals surface area contributed by atoms with E-state index in [4.69, 9.17) is 10.5 Å². The maximum atomic E-state index is 13.1. The summed E-state index contributed by atoms with van der Waals surface area (Å²) in [5, 5.41) is 1.84. The van der Waals surface area contributed by atoms with Crippen LogP contribution in [0.1, 0.15) is 5.56 Å². The minimum Gasteiger partial charge on any atom is -0.468 e. The van der Waals surface area contributed by atoms with E-state index in [9.17, 15) is 9.59 Å². The SMILES string of the molecule is COC(=O)[C@@H](N)Cc1ccc(-c2cc3ccccc3n(C)c2=O)c2ncccc12. The number of aromatic nitrogens is 2. The lowest BCUT2D eigenvalue weighted by Gasteiger charge is -2.14. The molecule has 2 aromatic carbocycles.